The van der Waals surface area contributed by atoms with Crippen LogP contribution in [-0.4, -0.2) is 39.3 Å². The Hall–Kier alpha value is -1.07. The highest BCUT2D eigenvalue weighted by Crippen LogP contribution is 2.19. The summed E-state index contributed by atoms with van der Waals surface area (Å²) in [5, 5.41) is 17.0. The van der Waals surface area contributed by atoms with Crippen LogP contribution in [0.2, 0.25) is 0 Å². The van der Waals surface area contributed by atoms with Crippen LogP contribution in [0.3, 0.4) is 0 Å². The van der Waals surface area contributed by atoms with E-state index in [1.165, 1.54) is 0 Å². The number of amides is 1. The number of aromatic nitrogens is 2. The summed E-state index contributed by atoms with van der Waals surface area (Å²) < 4.78 is 1.73. The molecule has 5 nitrogen and oxygen atoms in total. The first kappa shape index (κ1) is 17.0. The third-order valence-electron chi connectivity index (χ3n) is 3.36. The predicted octanol–water partition coefficient (Wildman–Crippen LogP) is 1.88. The lowest BCUT2D eigenvalue weighted by molar-refractivity contribution is 0.0586. The Kier molecular flexibility index (Phi) is 5.59. The first-order valence-corrected chi connectivity index (χ1v) is 7.28. The van der Waals surface area contributed by atoms with Crippen LogP contribution in [0, 0.1) is 19.3 Å². The highest BCUT2D eigenvalue weighted by Gasteiger charge is 2.24. The van der Waals surface area contributed by atoms with Gasteiger partial charge in [-0.05, 0) is 19.3 Å². The molecule has 0 aromatic carbocycles. The summed E-state index contributed by atoms with van der Waals surface area (Å²) in [7, 11) is 0. The molecule has 0 saturated carbocycles. The molecule has 1 heterocycles. The van der Waals surface area contributed by atoms with Crippen LogP contribution in [0.5, 0.6) is 0 Å². The third-order valence-corrected chi connectivity index (χ3v) is 3.53. The molecule has 0 bridgehead atoms. The molecule has 0 aliphatic rings. The number of carbonyl (C=O) groups is 1. The summed E-state index contributed by atoms with van der Waals surface area (Å²) in [6, 6.07) is 0. The number of nitrogens with one attached hydrogen (secondary N) is 1. The number of carbonyl (C=O) groups excluding carboxylic acids is 1. The molecule has 1 rings (SSSR count). The van der Waals surface area contributed by atoms with Crippen molar-refractivity contribution in [2.24, 2.45) is 5.41 Å². The van der Waals surface area contributed by atoms with Gasteiger partial charge in [-0.1, -0.05) is 20.8 Å². The number of halogens is 1. The third kappa shape index (κ3) is 3.96. The highest BCUT2D eigenvalue weighted by molar-refractivity contribution is 6.17. The average Bonchev–Trinajstić information content (AvgIpc) is 2.60. The van der Waals surface area contributed by atoms with Gasteiger partial charge in [0, 0.05) is 18.1 Å². The van der Waals surface area contributed by atoms with Crippen LogP contribution >= 0.6 is 11.6 Å². The maximum Gasteiger partial charge on any atom is 0.255 e. The average molecular weight is 302 g/mol. The van der Waals surface area contributed by atoms with Crippen LogP contribution in [0.15, 0.2) is 0 Å². The van der Waals surface area contributed by atoms with Crippen molar-refractivity contribution in [3.63, 3.8) is 0 Å². The Balaban J connectivity index is 2.78. The van der Waals surface area contributed by atoms with E-state index >= 15 is 0 Å². The van der Waals surface area contributed by atoms with Gasteiger partial charge in [0.25, 0.3) is 5.91 Å². The Morgan fingerprint density at radius 1 is 1.45 bits per heavy atom. The second kappa shape index (κ2) is 6.59. The fourth-order valence-electron chi connectivity index (χ4n) is 1.91. The number of aliphatic hydroxyl groups is 1. The van der Waals surface area contributed by atoms with E-state index in [2.05, 4.69) is 10.4 Å². The first-order valence-electron chi connectivity index (χ1n) is 6.74. The summed E-state index contributed by atoms with van der Waals surface area (Å²) >= 11 is 5.71. The molecule has 0 aliphatic carbocycles. The van der Waals surface area contributed by atoms with Gasteiger partial charge in [0.2, 0.25) is 0 Å². The predicted molar refractivity (Wildman–Crippen MR) is 80.2 cm³/mol. The van der Waals surface area contributed by atoms with E-state index in [0.29, 0.717) is 23.7 Å². The molecule has 1 aromatic rings. The SMILES string of the molecule is Cc1nn(CCCl)c(C)c1C(=O)NCC(O)C(C)(C)C. The summed E-state index contributed by atoms with van der Waals surface area (Å²) in [6.45, 7) is 10.2. The molecule has 0 aliphatic heterocycles. The number of hydrogen-bond acceptors (Lipinski definition) is 3. The van der Waals surface area contributed by atoms with Crippen molar-refractivity contribution in [3.05, 3.63) is 17.0 Å². The molecule has 0 radical (unpaired) electrons. The molecule has 1 atom stereocenters. The topological polar surface area (TPSA) is 67.2 Å². The lowest BCUT2D eigenvalue weighted by atomic mass is 9.89. The van der Waals surface area contributed by atoms with E-state index in [4.69, 9.17) is 11.6 Å². The Morgan fingerprint density at radius 3 is 2.55 bits per heavy atom. The second-order valence-electron chi connectivity index (χ2n) is 6.05. The second-order valence-corrected chi connectivity index (χ2v) is 6.43. The van der Waals surface area contributed by atoms with Gasteiger partial charge >= 0.3 is 0 Å². The van der Waals surface area contributed by atoms with Crippen LogP contribution in [0.25, 0.3) is 0 Å². The molecule has 1 amide bonds. The number of alkyl halides is 1. The zero-order valence-corrected chi connectivity index (χ0v) is 13.6. The lowest BCUT2D eigenvalue weighted by Crippen LogP contribution is -2.39. The minimum Gasteiger partial charge on any atom is -0.391 e. The van der Waals surface area contributed by atoms with Gasteiger partial charge in [-0.2, -0.15) is 5.10 Å². The van der Waals surface area contributed by atoms with Gasteiger partial charge in [0.05, 0.1) is 23.9 Å². The van der Waals surface area contributed by atoms with Crippen molar-refractivity contribution >= 4 is 17.5 Å². The lowest BCUT2D eigenvalue weighted by Gasteiger charge is -2.25. The number of hydrogen-bond donors (Lipinski definition) is 2. The van der Waals surface area contributed by atoms with E-state index in [0.717, 1.165) is 5.69 Å². The van der Waals surface area contributed by atoms with Crippen LogP contribution in [0.4, 0.5) is 0 Å². The fourth-order valence-corrected chi connectivity index (χ4v) is 2.07. The summed E-state index contributed by atoms with van der Waals surface area (Å²) in [4.78, 5) is 12.2. The Labute approximate surface area is 125 Å². The van der Waals surface area contributed by atoms with Crippen molar-refractivity contribution < 1.29 is 9.90 Å². The Morgan fingerprint density at radius 2 is 2.05 bits per heavy atom. The number of aryl methyl sites for hydroxylation is 2. The van der Waals surface area contributed by atoms with Crippen molar-refractivity contribution in [2.45, 2.75) is 47.3 Å². The van der Waals surface area contributed by atoms with E-state index in [-0.39, 0.29) is 17.9 Å². The van der Waals surface area contributed by atoms with Gasteiger partial charge in [-0.3, -0.25) is 9.48 Å². The molecule has 114 valence electrons. The number of rotatable bonds is 5. The minimum atomic E-state index is -0.593. The largest absolute Gasteiger partial charge is 0.391 e. The molecule has 2 N–H and O–H groups in total. The van der Waals surface area contributed by atoms with Crippen molar-refractivity contribution in [2.75, 3.05) is 12.4 Å². The first-order chi connectivity index (χ1) is 9.18. The normalized spacial score (nSPS) is 13.3. The molecule has 0 saturated heterocycles. The van der Waals surface area contributed by atoms with Crippen molar-refractivity contribution in [1.29, 1.82) is 0 Å². The maximum absolute atomic E-state index is 12.2. The summed E-state index contributed by atoms with van der Waals surface area (Å²) in [6.07, 6.45) is -0.593. The van der Waals surface area contributed by atoms with Gasteiger partial charge in [0.1, 0.15) is 0 Å². The van der Waals surface area contributed by atoms with Gasteiger partial charge in [-0.25, -0.2) is 0 Å². The molecule has 1 aromatic heterocycles. The molecular weight excluding hydrogens is 278 g/mol. The maximum atomic E-state index is 12.2. The smallest absolute Gasteiger partial charge is 0.255 e. The monoisotopic (exact) mass is 301 g/mol. The van der Waals surface area contributed by atoms with E-state index in [1.54, 1.807) is 11.6 Å². The molecular formula is C14H24ClN3O2. The molecule has 0 fully saturated rings. The quantitative estimate of drug-likeness (QED) is 0.816. The minimum absolute atomic E-state index is 0.205. The number of nitrogens with zero attached hydrogens (tertiary/aromatic N) is 2. The molecule has 6 heteroatoms. The van der Waals surface area contributed by atoms with Crippen molar-refractivity contribution in [1.82, 2.24) is 15.1 Å². The Bertz CT molecular complexity index is 477. The van der Waals surface area contributed by atoms with Crippen LogP contribution in [0.1, 0.15) is 42.5 Å². The zero-order chi connectivity index (χ0) is 15.5. The van der Waals surface area contributed by atoms with E-state index < -0.39 is 6.10 Å². The fraction of sp³-hybridized carbons (Fsp3) is 0.714. The van der Waals surface area contributed by atoms with Crippen LogP contribution < -0.4 is 5.32 Å². The van der Waals surface area contributed by atoms with E-state index in [9.17, 15) is 9.90 Å². The van der Waals surface area contributed by atoms with Gasteiger partial charge in [0.15, 0.2) is 0 Å². The molecule has 0 spiro atoms. The molecule has 1 unspecified atom stereocenters. The highest BCUT2D eigenvalue weighted by atomic mass is 35.5. The van der Waals surface area contributed by atoms with E-state index in [1.807, 2.05) is 27.7 Å². The number of aliphatic hydroxyl groups excluding tert-OH is 1. The zero-order valence-electron chi connectivity index (χ0n) is 12.8. The van der Waals surface area contributed by atoms with Gasteiger partial charge in [-0.15, -0.1) is 11.6 Å². The standard InChI is InChI=1S/C14H24ClN3O2/c1-9-12(10(2)18(17-9)7-6-15)13(20)16-8-11(19)14(3,4)5/h11,19H,6-8H2,1-5H3,(H,16,20). The van der Waals surface area contributed by atoms with Crippen LogP contribution in [-0.2, 0) is 6.54 Å². The van der Waals surface area contributed by atoms with Crippen molar-refractivity contribution in [3.8, 4) is 0 Å². The van der Waals surface area contributed by atoms with Gasteiger partial charge < -0.3 is 10.4 Å². The molecule has 20 heavy (non-hydrogen) atoms. The summed E-state index contributed by atoms with van der Waals surface area (Å²) in [5.74, 6) is 0.246. The summed E-state index contributed by atoms with van der Waals surface area (Å²) in [5.41, 5.74) is 1.78.